The van der Waals surface area contributed by atoms with Gasteiger partial charge >= 0.3 is 0 Å². The minimum Gasteiger partial charge on any atom is -0.313 e. The highest BCUT2D eigenvalue weighted by molar-refractivity contribution is 7.86. The van der Waals surface area contributed by atoms with Gasteiger partial charge in [0.25, 0.3) is 0 Å². The Morgan fingerprint density at radius 3 is 2.21 bits per heavy atom. The molecule has 3 heteroatoms. The van der Waals surface area contributed by atoms with Gasteiger partial charge < -0.3 is 5.32 Å². The first kappa shape index (κ1) is 14.1. The Bertz CT molecular complexity index is 175. The van der Waals surface area contributed by atoms with E-state index in [2.05, 4.69) is 19.2 Å². The number of hydrogen-bond acceptors (Lipinski definition) is 2. The lowest BCUT2D eigenvalue weighted by molar-refractivity contribution is 0.529. The number of hydrogen-bond donors (Lipinski definition) is 1. The van der Waals surface area contributed by atoms with Crippen LogP contribution in [0.2, 0.25) is 0 Å². The zero-order valence-electron chi connectivity index (χ0n) is 10.2. The second-order valence-electron chi connectivity index (χ2n) is 4.68. The summed E-state index contributed by atoms with van der Waals surface area (Å²) in [5.41, 5.74) is 0. The van der Waals surface area contributed by atoms with E-state index in [1.54, 1.807) is 0 Å². The van der Waals surface area contributed by atoms with Gasteiger partial charge in [-0.3, -0.25) is 4.21 Å². The van der Waals surface area contributed by atoms with Crippen LogP contribution in [0.15, 0.2) is 0 Å². The highest BCUT2D eigenvalue weighted by Crippen LogP contribution is 2.13. The summed E-state index contributed by atoms with van der Waals surface area (Å²) in [4.78, 5) is 0. The molecule has 2 unspecified atom stereocenters. The van der Waals surface area contributed by atoms with Crippen molar-refractivity contribution in [3.8, 4) is 0 Å². The summed E-state index contributed by atoms with van der Waals surface area (Å²) in [6.07, 6.45) is 2.19. The number of nitrogens with one attached hydrogen (secondary N) is 1. The van der Waals surface area contributed by atoms with Crippen molar-refractivity contribution in [3.63, 3.8) is 0 Å². The van der Waals surface area contributed by atoms with Gasteiger partial charge in [-0.1, -0.05) is 13.8 Å². The van der Waals surface area contributed by atoms with E-state index >= 15 is 0 Å². The largest absolute Gasteiger partial charge is 0.313 e. The van der Waals surface area contributed by atoms with Crippen molar-refractivity contribution < 1.29 is 4.21 Å². The lowest BCUT2D eigenvalue weighted by atomic mass is 10.2. The van der Waals surface area contributed by atoms with Crippen molar-refractivity contribution in [3.05, 3.63) is 0 Å². The molecule has 0 aliphatic rings. The first-order valence-corrected chi connectivity index (χ1v) is 6.85. The van der Waals surface area contributed by atoms with Crippen molar-refractivity contribution in [2.24, 2.45) is 0 Å². The van der Waals surface area contributed by atoms with Crippen molar-refractivity contribution in [1.29, 1.82) is 0 Å². The third-order valence-electron chi connectivity index (χ3n) is 2.21. The van der Waals surface area contributed by atoms with Gasteiger partial charge in [0.05, 0.1) is 0 Å². The molecule has 0 aromatic rings. The summed E-state index contributed by atoms with van der Waals surface area (Å²) in [6, 6.07) is 0.412. The third-order valence-corrected chi connectivity index (χ3v) is 4.28. The molecular weight excluding hydrogens is 194 g/mol. The average molecular weight is 219 g/mol. The van der Waals surface area contributed by atoms with Gasteiger partial charge in [0, 0.05) is 27.3 Å². The molecular formula is C11H25NOS. The molecule has 86 valence electrons. The molecule has 0 saturated heterocycles. The Labute approximate surface area is 91.3 Å². The highest BCUT2D eigenvalue weighted by Gasteiger charge is 2.21. The van der Waals surface area contributed by atoms with Crippen molar-refractivity contribution in [1.82, 2.24) is 5.32 Å². The van der Waals surface area contributed by atoms with E-state index in [1.807, 2.05) is 20.8 Å². The van der Waals surface area contributed by atoms with E-state index < -0.39 is 10.8 Å². The molecule has 0 aromatic carbocycles. The minimum absolute atomic E-state index is 0.0820. The van der Waals surface area contributed by atoms with Crippen LogP contribution in [0.3, 0.4) is 0 Å². The van der Waals surface area contributed by atoms with Crippen LogP contribution in [0.4, 0.5) is 0 Å². The fourth-order valence-electron chi connectivity index (χ4n) is 1.10. The molecule has 0 radical (unpaired) electrons. The molecule has 0 fully saturated rings. The van der Waals surface area contributed by atoms with Crippen LogP contribution in [0.25, 0.3) is 0 Å². The molecule has 0 saturated carbocycles. The van der Waals surface area contributed by atoms with Crippen LogP contribution in [-0.4, -0.2) is 27.3 Å². The molecule has 0 aliphatic heterocycles. The van der Waals surface area contributed by atoms with Crippen molar-refractivity contribution >= 4 is 10.8 Å². The summed E-state index contributed by atoms with van der Waals surface area (Å²) < 4.78 is 11.8. The van der Waals surface area contributed by atoms with Crippen LogP contribution in [0, 0.1) is 0 Å². The van der Waals surface area contributed by atoms with E-state index in [9.17, 15) is 4.21 Å². The van der Waals surface area contributed by atoms with E-state index in [-0.39, 0.29) is 4.75 Å². The monoisotopic (exact) mass is 219 g/mol. The predicted molar refractivity (Wildman–Crippen MR) is 65.1 cm³/mol. The molecule has 0 rings (SSSR count). The molecule has 0 heterocycles. The van der Waals surface area contributed by atoms with Crippen molar-refractivity contribution in [2.75, 3.05) is 12.3 Å². The topological polar surface area (TPSA) is 29.1 Å². The Hall–Kier alpha value is 0.110. The Balaban J connectivity index is 3.99. The standard InChI is InChI=1S/C11H25NOS/c1-6-8-12-10(7-2)9-14(13)11(3,4)5/h10,12H,6-9H2,1-5H3. The van der Waals surface area contributed by atoms with Gasteiger partial charge in [-0.2, -0.15) is 0 Å². The minimum atomic E-state index is -0.733. The molecule has 0 aromatic heterocycles. The average Bonchev–Trinajstić information content (AvgIpc) is 2.10. The van der Waals surface area contributed by atoms with E-state index in [0.717, 1.165) is 25.1 Å². The smallest absolute Gasteiger partial charge is 0.0394 e. The maximum atomic E-state index is 11.9. The van der Waals surface area contributed by atoms with Gasteiger partial charge in [-0.15, -0.1) is 0 Å². The molecule has 1 N–H and O–H groups in total. The van der Waals surface area contributed by atoms with Crippen LogP contribution in [-0.2, 0) is 10.8 Å². The zero-order valence-corrected chi connectivity index (χ0v) is 11.0. The molecule has 14 heavy (non-hydrogen) atoms. The van der Waals surface area contributed by atoms with Crippen LogP contribution < -0.4 is 5.32 Å². The maximum absolute atomic E-state index is 11.9. The fourth-order valence-corrected chi connectivity index (χ4v) is 2.32. The van der Waals surface area contributed by atoms with Gasteiger partial charge in [-0.25, -0.2) is 0 Å². The molecule has 0 bridgehead atoms. The number of rotatable bonds is 6. The van der Waals surface area contributed by atoms with E-state index in [0.29, 0.717) is 6.04 Å². The first-order chi connectivity index (χ1) is 6.41. The Kier molecular flexibility index (Phi) is 6.62. The molecule has 2 nitrogen and oxygen atoms in total. The van der Waals surface area contributed by atoms with Gasteiger partial charge in [0.15, 0.2) is 0 Å². The van der Waals surface area contributed by atoms with Gasteiger partial charge in [0.1, 0.15) is 0 Å². The van der Waals surface area contributed by atoms with Gasteiger partial charge in [0.2, 0.25) is 0 Å². The lowest BCUT2D eigenvalue weighted by Crippen LogP contribution is -2.38. The predicted octanol–water partition coefficient (Wildman–Crippen LogP) is 2.31. The summed E-state index contributed by atoms with van der Waals surface area (Å²) in [5, 5.41) is 3.43. The molecule has 0 spiro atoms. The molecule has 2 atom stereocenters. The van der Waals surface area contributed by atoms with Gasteiger partial charge in [-0.05, 0) is 40.2 Å². The fraction of sp³-hybridized carbons (Fsp3) is 1.00. The summed E-state index contributed by atoms with van der Waals surface area (Å²) >= 11 is 0. The van der Waals surface area contributed by atoms with Crippen LogP contribution in [0.5, 0.6) is 0 Å². The highest BCUT2D eigenvalue weighted by atomic mass is 32.2. The van der Waals surface area contributed by atoms with Crippen molar-refractivity contribution in [2.45, 2.75) is 58.2 Å². The van der Waals surface area contributed by atoms with E-state index in [4.69, 9.17) is 0 Å². The lowest BCUT2D eigenvalue weighted by Gasteiger charge is -2.22. The van der Waals surface area contributed by atoms with Crippen LogP contribution in [0.1, 0.15) is 47.5 Å². The quantitative estimate of drug-likeness (QED) is 0.743. The SMILES string of the molecule is CCCNC(CC)CS(=O)C(C)(C)C. The second kappa shape index (κ2) is 6.57. The first-order valence-electron chi connectivity index (χ1n) is 5.53. The molecule has 0 amide bonds. The van der Waals surface area contributed by atoms with Crippen LogP contribution >= 0.6 is 0 Å². The Morgan fingerprint density at radius 2 is 1.86 bits per heavy atom. The maximum Gasteiger partial charge on any atom is 0.0394 e. The summed E-state index contributed by atoms with van der Waals surface area (Å²) in [7, 11) is -0.733. The normalized spacial score (nSPS) is 16.6. The third kappa shape index (κ3) is 5.76. The van der Waals surface area contributed by atoms with E-state index in [1.165, 1.54) is 0 Å². The molecule has 0 aliphatic carbocycles. The summed E-state index contributed by atoms with van der Waals surface area (Å²) in [5.74, 6) is 0.778. The summed E-state index contributed by atoms with van der Waals surface area (Å²) in [6.45, 7) is 11.4. The second-order valence-corrected chi connectivity index (χ2v) is 6.93. The zero-order chi connectivity index (χ0) is 11.2. The Morgan fingerprint density at radius 1 is 1.29 bits per heavy atom.